The molecule has 1 heterocycles. The first kappa shape index (κ1) is 10.6. The van der Waals surface area contributed by atoms with Crippen LogP contribution in [0.3, 0.4) is 0 Å². The Balaban J connectivity index is 2.40. The second kappa shape index (κ2) is 5.29. The third-order valence-electron chi connectivity index (χ3n) is 1.80. The fraction of sp³-hybridized carbons (Fsp3) is 0.400. The molecule has 0 fully saturated rings. The van der Waals surface area contributed by atoms with Crippen molar-refractivity contribution < 1.29 is 0 Å². The molecule has 1 unspecified atom stereocenters. The molecular formula is C10H12ClNS. The van der Waals surface area contributed by atoms with Gasteiger partial charge in [0.05, 0.1) is 4.34 Å². The Morgan fingerprint density at radius 2 is 2.38 bits per heavy atom. The SMILES string of the molecule is C#CCCCC(N)c1ccc(Cl)s1. The van der Waals surface area contributed by atoms with Gasteiger partial charge in [-0.15, -0.1) is 23.7 Å². The summed E-state index contributed by atoms with van der Waals surface area (Å²) in [4.78, 5) is 1.14. The molecule has 0 aromatic carbocycles. The van der Waals surface area contributed by atoms with E-state index in [2.05, 4.69) is 5.92 Å². The van der Waals surface area contributed by atoms with Gasteiger partial charge in [0.1, 0.15) is 0 Å². The summed E-state index contributed by atoms with van der Waals surface area (Å²) < 4.78 is 0.794. The maximum Gasteiger partial charge on any atom is 0.0931 e. The topological polar surface area (TPSA) is 26.0 Å². The fourth-order valence-corrected chi connectivity index (χ4v) is 2.19. The van der Waals surface area contributed by atoms with Crippen LogP contribution in [0.5, 0.6) is 0 Å². The average Bonchev–Trinajstić information content (AvgIpc) is 2.52. The Morgan fingerprint density at radius 1 is 1.62 bits per heavy atom. The van der Waals surface area contributed by atoms with Gasteiger partial charge in [-0.1, -0.05) is 11.6 Å². The van der Waals surface area contributed by atoms with Gasteiger partial charge >= 0.3 is 0 Å². The largest absolute Gasteiger partial charge is 0.323 e. The van der Waals surface area contributed by atoms with E-state index in [1.54, 1.807) is 11.3 Å². The summed E-state index contributed by atoms with van der Waals surface area (Å²) in [5, 5.41) is 0. The third kappa shape index (κ3) is 3.40. The van der Waals surface area contributed by atoms with E-state index < -0.39 is 0 Å². The summed E-state index contributed by atoms with van der Waals surface area (Å²) in [7, 11) is 0. The summed E-state index contributed by atoms with van der Waals surface area (Å²) in [5.41, 5.74) is 5.93. The van der Waals surface area contributed by atoms with Crippen LogP contribution in [-0.2, 0) is 0 Å². The van der Waals surface area contributed by atoms with E-state index in [1.807, 2.05) is 12.1 Å². The number of hydrogen-bond donors (Lipinski definition) is 1. The Kier molecular flexibility index (Phi) is 4.31. The molecule has 0 aliphatic heterocycles. The first-order valence-electron chi connectivity index (χ1n) is 4.18. The number of halogens is 1. The van der Waals surface area contributed by atoms with E-state index in [-0.39, 0.29) is 6.04 Å². The van der Waals surface area contributed by atoms with Crippen LogP contribution in [0, 0.1) is 12.3 Å². The van der Waals surface area contributed by atoms with E-state index in [1.165, 1.54) is 0 Å². The number of hydrogen-bond acceptors (Lipinski definition) is 2. The summed E-state index contributed by atoms with van der Waals surface area (Å²) >= 11 is 7.34. The molecule has 0 amide bonds. The first-order chi connectivity index (χ1) is 6.24. The second-order valence-electron chi connectivity index (χ2n) is 2.84. The fourth-order valence-electron chi connectivity index (χ4n) is 1.09. The van der Waals surface area contributed by atoms with Crippen molar-refractivity contribution in [3.8, 4) is 12.3 Å². The molecule has 0 radical (unpaired) electrons. The Hall–Kier alpha value is -0.490. The van der Waals surface area contributed by atoms with Gasteiger partial charge in [0.25, 0.3) is 0 Å². The minimum absolute atomic E-state index is 0.0887. The van der Waals surface area contributed by atoms with Gasteiger partial charge < -0.3 is 5.73 Å². The molecule has 70 valence electrons. The summed E-state index contributed by atoms with van der Waals surface area (Å²) in [5.74, 6) is 2.60. The number of unbranched alkanes of at least 4 members (excludes halogenated alkanes) is 1. The molecule has 1 aromatic rings. The Labute approximate surface area is 87.9 Å². The lowest BCUT2D eigenvalue weighted by molar-refractivity contribution is 0.630. The van der Waals surface area contributed by atoms with Gasteiger partial charge in [0, 0.05) is 17.3 Å². The predicted octanol–water partition coefficient (Wildman–Crippen LogP) is 3.20. The molecule has 0 spiro atoms. The maximum absolute atomic E-state index is 5.93. The standard InChI is InChI=1S/C10H12ClNS/c1-2-3-4-5-8(12)9-6-7-10(11)13-9/h1,6-8H,3-5,12H2. The third-order valence-corrected chi connectivity index (χ3v) is 3.16. The maximum atomic E-state index is 5.93. The normalized spacial score (nSPS) is 12.4. The highest BCUT2D eigenvalue weighted by Gasteiger charge is 2.07. The van der Waals surface area contributed by atoms with Gasteiger partial charge in [-0.05, 0) is 25.0 Å². The highest BCUT2D eigenvalue weighted by Crippen LogP contribution is 2.27. The molecule has 13 heavy (non-hydrogen) atoms. The first-order valence-corrected chi connectivity index (χ1v) is 5.37. The molecule has 1 rings (SSSR count). The van der Waals surface area contributed by atoms with Gasteiger partial charge in [-0.2, -0.15) is 0 Å². The molecule has 0 aliphatic carbocycles. The van der Waals surface area contributed by atoms with Crippen molar-refractivity contribution in [1.82, 2.24) is 0 Å². The quantitative estimate of drug-likeness (QED) is 0.603. The number of thiophene rings is 1. The van der Waals surface area contributed by atoms with Gasteiger partial charge in [-0.25, -0.2) is 0 Å². The van der Waals surface area contributed by atoms with Crippen LogP contribution in [-0.4, -0.2) is 0 Å². The minimum Gasteiger partial charge on any atom is -0.323 e. The van der Waals surface area contributed by atoms with Crippen LogP contribution >= 0.6 is 22.9 Å². The molecule has 1 atom stereocenters. The minimum atomic E-state index is 0.0887. The van der Waals surface area contributed by atoms with Crippen molar-refractivity contribution >= 4 is 22.9 Å². The van der Waals surface area contributed by atoms with Gasteiger partial charge in [0.15, 0.2) is 0 Å². The lowest BCUT2D eigenvalue weighted by Crippen LogP contribution is -2.07. The van der Waals surface area contributed by atoms with Crippen LogP contribution in [0.2, 0.25) is 4.34 Å². The monoisotopic (exact) mass is 213 g/mol. The second-order valence-corrected chi connectivity index (χ2v) is 4.59. The Morgan fingerprint density at radius 3 is 2.92 bits per heavy atom. The van der Waals surface area contributed by atoms with Crippen molar-refractivity contribution in [3.05, 3.63) is 21.3 Å². The Bertz CT molecular complexity index is 300. The number of rotatable bonds is 4. The summed E-state index contributed by atoms with van der Waals surface area (Å²) in [6, 6.07) is 3.95. The highest BCUT2D eigenvalue weighted by molar-refractivity contribution is 7.16. The molecule has 0 saturated heterocycles. The highest BCUT2D eigenvalue weighted by atomic mass is 35.5. The molecule has 0 bridgehead atoms. The van der Waals surface area contributed by atoms with E-state index in [0.717, 1.165) is 28.5 Å². The molecule has 2 N–H and O–H groups in total. The van der Waals surface area contributed by atoms with E-state index in [9.17, 15) is 0 Å². The zero-order chi connectivity index (χ0) is 9.68. The average molecular weight is 214 g/mol. The number of nitrogens with two attached hydrogens (primary N) is 1. The summed E-state index contributed by atoms with van der Waals surface area (Å²) in [6.07, 6.45) is 7.86. The van der Waals surface area contributed by atoms with E-state index >= 15 is 0 Å². The molecular weight excluding hydrogens is 202 g/mol. The molecule has 0 saturated carbocycles. The number of terminal acetylenes is 1. The van der Waals surface area contributed by atoms with E-state index in [0.29, 0.717) is 0 Å². The molecule has 1 aromatic heterocycles. The summed E-state index contributed by atoms with van der Waals surface area (Å²) in [6.45, 7) is 0. The van der Waals surface area contributed by atoms with Crippen molar-refractivity contribution in [1.29, 1.82) is 0 Å². The zero-order valence-corrected chi connectivity index (χ0v) is 8.87. The van der Waals surface area contributed by atoms with Crippen LogP contribution in [0.1, 0.15) is 30.2 Å². The van der Waals surface area contributed by atoms with Crippen LogP contribution in [0.25, 0.3) is 0 Å². The van der Waals surface area contributed by atoms with Crippen LogP contribution < -0.4 is 5.73 Å². The predicted molar refractivity (Wildman–Crippen MR) is 58.9 cm³/mol. The lowest BCUT2D eigenvalue weighted by Gasteiger charge is -2.06. The van der Waals surface area contributed by atoms with Crippen molar-refractivity contribution in [2.75, 3.05) is 0 Å². The van der Waals surface area contributed by atoms with Crippen LogP contribution in [0.15, 0.2) is 12.1 Å². The zero-order valence-electron chi connectivity index (χ0n) is 7.29. The van der Waals surface area contributed by atoms with Crippen molar-refractivity contribution in [2.45, 2.75) is 25.3 Å². The van der Waals surface area contributed by atoms with Gasteiger partial charge in [0.2, 0.25) is 0 Å². The smallest absolute Gasteiger partial charge is 0.0931 e. The van der Waals surface area contributed by atoms with Crippen molar-refractivity contribution in [2.24, 2.45) is 5.73 Å². The lowest BCUT2D eigenvalue weighted by atomic mass is 10.1. The van der Waals surface area contributed by atoms with E-state index in [4.69, 9.17) is 23.8 Å². The molecule has 0 aliphatic rings. The van der Waals surface area contributed by atoms with Crippen molar-refractivity contribution in [3.63, 3.8) is 0 Å². The van der Waals surface area contributed by atoms with Crippen LogP contribution in [0.4, 0.5) is 0 Å². The van der Waals surface area contributed by atoms with Gasteiger partial charge in [-0.3, -0.25) is 0 Å². The molecule has 1 nitrogen and oxygen atoms in total. The molecule has 3 heteroatoms.